The van der Waals surface area contributed by atoms with E-state index in [0.717, 1.165) is 12.0 Å². The smallest absolute Gasteiger partial charge is 0.145 e. The second-order valence-electron chi connectivity index (χ2n) is 3.52. The molecule has 1 rings (SSSR count). The zero-order chi connectivity index (χ0) is 11.3. The SMILES string of the molecule is C/C(=C/CCN)Cc1cccc(Cl)c1F. The fourth-order valence-corrected chi connectivity index (χ4v) is 1.58. The van der Waals surface area contributed by atoms with Crippen molar-refractivity contribution in [2.45, 2.75) is 19.8 Å². The van der Waals surface area contributed by atoms with Crippen LogP contribution in [0, 0.1) is 5.82 Å². The molecule has 0 fully saturated rings. The van der Waals surface area contributed by atoms with Gasteiger partial charge in [0.15, 0.2) is 0 Å². The van der Waals surface area contributed by atoms with Crippen LogP contribution < -0.4 is 5.73 Å². The van der Waals surface area contributed by atoms with Crippen LogP contribution in [-0.2, 0) is 6.42 Å². The first-order valence-corrected chi connectivity index (χ1v) is 5.31. The molecule has 0 saturated heterocycles. The topological polar surface area (TPSA) is 26.0 Å². The Morgan fingerprint density at radius 1 is 1.53 bits per heavy atom. The van der Waals surface area contributed by atoms with Crippen molar-refractivity contribution < 1.29 is 4.39 Å². The number of rotatable bonds is 4. The monoisotopic (exact) mass is 227 g/mol. The number of hydrogen-bond acceptors (Lipinski definition) is 1. The average molecular weight is 228 g/mol. The summed E-state index contributed by atoms with van der Waals surface area (Å²) in [4.78, 5) is 0. The van der Waals surface area contributed by atoms with Gasteiger partial charge < -0.3 is 5.73 Å². The van der Waals surface area contributed by atoms with Gasteiger partial charge in [-0.2, -0.15) is 0 Å². The molecule has 0 unspecified atom stereocenters. The number of benzene rings is 1. The number of nitrogens with two attached hydrogens (primary N) is 1. The van der Waals surface area contributed by atoms with E-state index < -0.39 is 0 Å². The van der Waals surface area contributed by atoms with Crippen LogP contribution in [0.5, 0.6) is 0 Å². The second kappa shape index (κ2) is 5.89. The van der Waals surface area contributed by atoms with Crippen LogP contribution in [0.4, 0.5) is 4.39 Å². The largest absolute Gasteiger partial charge is 0.330 e. The summed E-state index contributed by atoms with van der Waals surface area (Å²) in [5.41, 5.74) is 7.13. The predicted octanol–water partition coefficient (Wildman–Crippen LogP) is 3.32. The molecule has 0 radical (unpaired) electrons. The predicted molar refractivity (Wildman–Crippen MR) is 62.5 cm³/mol. The minimum absolute atomic E-state index is 0.180. The molecule has 1 nitrogen and oxygen atoms in total. The average Bonchev–Trinajstić information content (AvgIpc) is 2.22. The van der Waals surface area contributed by atoms with Gasteiger partial charge in [0.1, 0.15) is 5.82 Å². The molecule has 0 heterocycles. The molecule has 1 aromatic carbocycles. The Balaban J connectivity index is 2.76. The van der Waals surface area contributed by atoms with Gasteiger partial charge in [-0.25, -0.2) is 4.39 Å². The highest BCUT2D eigenvalue weighted by molar-refractivity contribution is 6.30. The minimum Gasteiger partial charge on any atom is -0.330 e. The molecular formula is C12H15ClFN. The fourth-order valence-electron chi connectivity index (χ4n) is 1.39. The van der Waals surface area contributed by atoms with Crippen LogP contribution in [-0.4, -0.2) is 6.54 Å². The lowest BCUT2D eigenvalue weighted by molar-refractivity contribution is 0.613. The van der Waals surface area contributed by atoms with Crippen molar-refractivity contribution >= 4 is 11.6 Å². The van der Waals surface area contributed by atoms with Crippen molar-refractivity contribution in [2.75, 3.05) is 6.54 Å². The summed E-state index contributed by atoms with van der Waals surface area (Å²) >= 11 is 5.69. The van der Waals surface area contributed by atoms with Gasteiger partial charge in [0.2, 0.25) is 0 Å². The molecule has 0 atom stereocenters. The van der Waals surface area contributed by atoms with Crippen molar-refractivity contribution in [3.05, 3.63) is 46.3 Å². The summed E-state index contributed by atoms with van der Waals surface area (Å²) in [6, 6.07) is 5.07. The molecule has 2 N–H and O–H groups in total. The van der Waals surface area contributed by atoms with Gasteiger partial charge in [-0.15, -0.1) is 0 Å². The number of halogens is 2. The van der Waals surface area contributed by atoms with Gasteiger partial charge in [0.25, 0.3) is 0 Å². The maximum absolute atomic E-state index is 13.5. The van der Waals surface area contributed by atoms with Gasteiger partial charge in [-0.1, -0.05) is 35.4 Å². The van der Waals surface area contributed by atoms with Gasteiger partial charge >= 0.3 is 0 Å². The summed E-state index contributed by atoms with van der Waals surface area (Å²) in [7, 11) is 0. The van der Waals surface area contributed by atoms with E-state index in [1.807, 2.05) is 13.0 Å². The lowest BCUT2D eigenvalue weighted by Crippen LogP contribution is -1.97. The molecule has 3 heteroatoms. The van der Waals surface area contributed by atoms with Gasteiger partial charge in [0, 0.05) is 0 Å². The van der Waals surface area contributed by atoms with Crippen LogP contribution in [0.3, 0.4) is 0 Å². The quantitative estimate of drug-likeness (QED) is 0.785. The Kier molecular flexibility index (Phi) is 4.79. The lowest BCUT2D eigenvalue weighted by Gasteiger charge is -2.04. The Labute approximate surface area is 94.7 Å². The molecule has 82 valence electrons. The van der Waals surface area contributed by atoms with Crippen LogP contribution in [0.15, 0.2) is 29.8 Å². The van der Waals surface area contributed by atoms with Crippen LogP contribution in [0.2, 0.25) is 5.02 Å². The van der Waals surface area contributed by atoms with E-state index in [1.54, 1.807) is 18.2 Å². The Bertz CT molecular complexity index is 361. The zero-order valence-electron chi connectivity index (χ0n) is 8.76. The van der Waals surface area contributed by atoms with Crippen LogP contribution in [0.1, 0.15) is 18.9 Å². The molecule has 15 heavy (non-hydrogen) atoms. The Morgan fingerprint density at radius 2 is 2.27 bits per heavy atom. The van der Waals surface area contributed by atoms with E-state index in [4.69, 9.17) is 17.3 Å². The van der Waals surface area contributed by atoms with Crippen molar-refractivity contribution in [2.24, 2.45) is 5.73 Å². The van der Waals surface area contributed by atoms with Crippen molar-refractivity contribution in [3.8, 4) is 0 Å². The third-order valence-corrected chi connectivity index (χ3v) is 2.45. The summed E-state index contributed by atoms with van der Waals surface area (Å²) in [6.45, 7) is 2.59. The maximum Gasteiger partial charge on any atom is 0.145 e. The van der Waals surface area contributed by atoms with Crippen molar-refractivity contribution in [1.29, 1.82) is 0 Å². The number of allylic oxidation sites excluding steroid dienone is 1. The van der Waals surface area contributed by atoms with E-state index in [2.05, 4.69) is 0 Å². The van der Waals surface area contributed by atoms with E-state index in [1.165, 1.54) is 0 Å². The molecule has 1 aromatic rings. The molecule has 0 amide bonds. The van der Waals surface area contributed by atoms with E-state index in [-0.39, 0.29) is 10.8 Å². The Hall–Kier alpha value is -0.860. The van der Waals surface area contributed by atoms with E-state index >= 15 is 0 Å². The first-order valence-electron chi connectivity index (χ1n) is 4.93. The standard InChI is InChI=1S/C12H15ClFN/c1-9(4-3-7-15)8-10-5-2-6-11(13)12(10)14/h2,4-6H,3,7-8,15H2,1H3/b9-4-. The van der Waals surface area contributed by atoms with Crippen molar-refractivity contribution in [1.82, 2.24) is 0 Å². The third-order valence-electron chi connectivity index (χ3n) is 2.16. The maximum atomic E-state index is 13.5. The van der Waals surface area contributed by atoms with Crippen molar-refractivity contribution in [3.63, 3.8) is 0 Å². The Morgan fingerprint density at radius 3 is 2.93 bits per heavy atom. The van der Waals surface area contributed by atoms with E-state index in [0.29, 0.717) is 18.5 Å². The first kappa shape index (κ1) is 12.2. The molecule has 0 bridgehead atoms. The summed E-state index contributed by atoms with van der Waals surface area (Å²) < 4.78 is 13.5. The first-order chi connectivity index (χ1) is 7.15. The zero-order valence-corrected chi connectivity index (χ0v) is 9.52. The second-order valence-corrected chi connectivity index (χ2v) is 3.92. The summed E-state index contributed by atoms with van der Waals surface area (Å²) in [6.07, 6.45) is 3.45. The highest BCUT2D eigenvalue weighted by Crippen LogP contribution is 2.20. The molecular weight excluding hydrogens is 213 g/mol. The summed E-state index contributed by atoms with van der Waals surface area (Å²) in [5.74, 6) is -0.320. The molecule has 0 spiro atoms. The van der Waals surface area contributed by atoms with Crippen LogP contribution >= 0.6 is 11.6 Å². The lowest BCUT2D eigenvalue weighted by atomic mass is 10.1. The molecule has 0 saturated carbocycles. The normalized spacial score (nSPS) is 11.9. The van der Waals surface area contributed by atoms with Gasteiger partial charge in [-0.3, -0.25) is 0 Å². The minimum atomic E-state index is -0.320. The van der Waals surface area contributed by atoms with Crippen LogP contribution in [0.25, 0.3) is 0 Å². The highest BCUT2D eigenvalue weighted by Gasteiger charge is 2.05. The molecule has 0 aromatic heterocycles. The fraction of sp³-hybridized carbons (Fsp3) is 0.333. The molecule has 0 aliphatic rings. The van der Waals surface area contributed by atoms with Gasteiger partial charge in [-0.05, 0) is 37.9 Å². The molecule has 0 aliphatic heterocycles. The molecule has 0 aliphatic carbocycles. The van der Waals surface area contributed by atoms with E-state index in [9.17, 15) is 4.39 Å². The third kappa shape index (κ3) is 3.65. The number of hydrogen-bond donors (Lipinski definition) is 1. The highest BCUT2D eigenvalue weighted by atomic mass is 35.5. The summed E-state index contributed by atoms with van der Waals surface area (Å²) in [5, 5.41) is 0.180. The van der Waals surface area contributed by atoms with Gasteiger partial charge in [0.05, 0.1) is 5.02 Å².